The lowest BCUT2D eigenvalue weighted by atomic mass is 10.2. The van der Waals surface area contributed by atoms with E-state index < -0.39 is 5.97 Å². The minimum atomic E-state index is -1.09. The molecule has 7 heteroatoms. The average Bonchev–Trinajstić information content (AvgIpc) is 2.46. The van der Waals surface area contributed by atoms with Gasteiger partial charge >= 0.3 is 5.97 Å². The summed E-state index contributed by atoms with van der Waals surface area (Å²) in [6.07, 6.45) is 2.80. The van der Waals surface area contributed by atoms with E-state index in [1.807, 2.05) is 0 Å². The number of rotatable bonds is 4. The van der Waals surface area contributed by atoms with Gasteiger partial charge in [0.1, 0.15) is 11.4 Å². The lowest BCUT2D eigenvalue weighted by Gasteiger charge is -2.05. The molecule has 1 amide bonds. The van der Waals surface area contributed by atoms with E-state index in [1.54, 1.807) is 12.1 Å². The first-order valence-corrected chi connectivity index (χ1v) is 5.74. The lowest BCUT2D eigenvalue weighted by Crippen LogP contribution is -2.23. The van der Waals surface area contributed by atoms with Crippen LogP contribution in [-0.2, 0) is 6.54 Å². The number of aromatic carboxylic acids is 1. The fourth-order valence-corrected chi connectivity index (χ4v) is 1.47. The number of amides is 1. The predicted octanol–water partition coefficient (Wildman–Crippen LogP) is 0.687. The number of hydrogen-bond donors (Lipinski definition) is 3. The number of nitrogens with zero attached hydrogens (tertiary/aromatic N) is 2. The molecule has 0 saturated heterocycles. The summed E-state index contributed by atoms with van der Waals surface area (Å²) < 4.78 is 0. The molecular weight excluding hydrogens is 260 g/mol. The van der Waals surface area contributed by atoms with E-state index in [9.17, 15) is 9.59 Å². The summed E-state index contributed by atoms with van der Waals surface area (Å²) in [5.41, 5.74) is 6.87. The number of pyridine rings is 2. The minimum Gasteiger partial charge on any atom is -0.477 e. The molecule has 2 rings (SSSR count). The highest BCUT2D eigenvalue weighted by Crippen LogP contribution is 2.03. The molecular formula is C13H12N4O3. The predicted molar refractivity (Wildman–Crippen MR) is 71.0 cm³/mol. The number of carboxylic acids is 1. The number of nitrogens with one attached hydrogen (secondary N) is 1. The van der Waals surface area contributed by atoms with Crippen molar-refractivity contribution in [2.75, 3.05) is 5.73 Å². The minimum absolute atomic E-state index is 0.0414. The number of nitrogen functional groups attached to an aromatic ring is 1. The lowest BCUT2D eigenvalue weighted by molar-refractivity contribution is 0.0690. The maximum absolute atomic E-state index is 11.8. The van der Waals surface area contributed by atoms with E-state index in [0.717, 1.165) is 0 Å². The summed E-state index contributed by atoms with van der Waals surface area (Å²) in [6, 6.07) is 6.08. The van der Waals surface area contributed by atoms with Crippen LogP contribution in [0.2, 0.25) is 0 Å². The number of carboxylic acid groups (broad SMARTS) is 1. The summed E-state index contributed by atoms with van der Waals surface area (Å²) in [5, 5.41) is 11.4. The quantitative estimate of drug-likeness (QED) is 0.753. The highest BCUT2D eigenvalue weighted by Gasteiger charge is 2.07. The summed E-state index contributed by atoms with van der Waals surface area (Å²) >= 11 is 0. The molecule has 0 atom stereocenters. The van der Waals surface area contributed by atoms with Gasteiger partial charge in [0.2, 0.25) is 0 Å². The molecule has 2 heterocycles. The van der Waals surface area contributed by atoms with E-state index in [0.29, 0.717) is 11.3 Å². The second kappa shape index (κ2) is 5.79. The smallest absolute Gasteiger partial charge is 0.354 e. The van der Waals surface area contributed by atoms with E-state index in [1.165, 1.54) is 24.5 Å². The second-order valence-corrected chi connectivity index (χ2v) is 4.02. The SMILES string of the molecule is Nc1ccc(C(=O)NCc2ccc(C(=O)O)nc2)nc1. The van der Waals surface area contributed by atoms with Gasteiger partial charge in [0, 0.05) is 12.7 Å². The zero-order valence-corrected chi connectivity index (χ0v) is 10.4. The number of anilines is 1. The molecule has 0 bridgehead atoms. The highest BCUT2D eigenvalue weighted by molar-refractivity contribution is 5.92. The molecule has 0 fully saturated rings. The maximum atomic E-state index is 11.8. The monoisotopic (exact) mass is 272 g/mol. The van der Waals surface area contributed by atoms with Gasteiger partial charge in [-0.25, -0.2) is 14.8 Å². The third-order valence-electron chi connectivity index (χ3n) is 2.52. The molecule has 0 aliphatic carbocycles. The standard InChI is InChI=1S/C13H12N4O3/c14-9-2-4-10(16-7-9)12(18)17-6-8-1-3-11(13(19)20)15-5-8/h1-5,7H,6,14H2,(H,17,18)(H,19,20). The Morgan fingerprint density at radius 3 is 2.35 bits per heavy atom. The number of hydrogen-bond acceptors (Lipinski definition) is 5. The van der Waals surface area contributed by atoms with Crippen LogP contribution >= 0.6 is 0 Å². The largest absolute Gasteiger partial charge is 0.477 e. The molecule has 0 saturated carbocycles. The number of carbonyl (C=O) groups is 2. The van der Waals surface area contributed by atoms with Crippen molar-refractivity contribution in [1.29, 1.82) is 0 Å². The van der Waals surface area contributed by atoms with Crippen LogP contribution in [-0.4, -0.2) is 27.0 Å². The van der Waals surface area contributed by atoms with E-state index >= 15 is 0 Å². The van der Waals surface area contributed by atoms with Crippen LogP contribution < -0.4 is 11.1 Å². The fourth-order valence-electron chi connectivity index (χ4n) is 1.47. The Morgan fingerprint density at radius 1 is 1.10 bits per heavy atom. The normalized spacial score (nSPS) is 10.0. The Kier molecular flexibility index (Phi) is 3.90. The fraction of sp³-hybridized carbons (Fsp3) is 0.0769. The van der Waals surface area contributed by atoms with Crippen LogP contribution in [0.5, 0.6) is 0 Å². The Hall–Kier alpha value is -2.96. The number of nitrogens with two attached hydrogens (primary N) is 1. The number of carbonyl (C=O) groups excluding carboxylic acids is 1. The van der Waals surface area contributed by atoms with E-state index in [-0.39, 0.29) is 23.8 Å². The van der Waals surface area contributed by atoms with Gasteiger partial charge in [-0.1, -0.05) is 6.07 Å². The van der Waals surface area contributed by atoms with Gasteiger partial charge in [-0.15, -0.1) is 0 Å². The van der Waals surface area contributed by atoms with E-state index in [4.69, 9.17) is 10.8 Å². The Labute approximate surface area is 114 Å². The van der Waals surface area contributed by atoms with Crippen molar-refractivity contribution in [1.82, 2.24) is 15.3 Å². The van der Waals surface area contributed by atoms with Gasteiger partial charge in [0.15, 0.2) is 0 Å². The maximum Gasteiger partial charge on any atom is 0.354 e. The molecule has 0 aliphatic rings. The van der Waals surface area contributed by atoms with Crippen molar-refractivity contribution in [2.24, 2.45) is 0 Å². The molecule has 0 aliphatic heterocycles. The molecule has 102 valence electrons. The van der Waals surface area contributed by atoms with Crippen molar-refractivity contribution in [3.8, 4) is 0 Å². The summed E-state index contributed by atoms with van der Waals surface area (Å²) in [4.78, 5) is 30.1. The first-order chi connectivity index (χ1) is 9.56. The molecule has 0 aromatic carbocycles. The molecule has 2 aromatic rings. The topological polar surface area (TPSA) is 118 Å². The average molecular weight is 272 g/mol. The molecule has 20 heavy (non-hydrogen) atoms. The van der Waals surface area contributed by atoms with Gasteiger partial charge in [-0.3, -0.25) is 4.79 Å². The van der Waals surface area contributed by atoms with Gasteiger partial charge in [0.25, 0.3) is 5.91 Å². The highest BCUT2D eigenvalue weighted by atomic mass is 16.4. The van der Waals surface area contributed by atoms with Crippen LogP contribution in [0.1, 0.15) is 26.5 Å². The number of aromatic nitrogens is 2. The molecule has 7 nitrogen and oxygen atoms in total. The van der Waals surface area contributed by atoms with Crippen LogP contribution in [0.4, 0.5) is 5.69 Å². The Morgan fingerprint density at radius 2 is 1.80 bits per heavy atom. The first kappa shape index (κ1) is 13.5. The summed E-state index contributed by atoms with van der Waals surface area (Å²) in [7, 11) is 0. The van der Waals surface area contributed by atoms with Crippen LogP contribution in [0.3, 0.4) is 0 Å². The van der Waals surface area contributed by atoms with Gasteiger partial charge in [-0.2, -0.15) is 0 Å². The zero-order valence-electron chi connectivity index (χ0n) is 10.4. The van der Waals surface area contributed by atoms with Crippen molar-refractivity contribution in [3.63, 3.8) is 0 Å². The van der Waals surface area contributed by atoms with Crippen LogP contribution in [0, 0.1) is 0 Å². The molecule has 0 spiro atoms. The van der Waals surface area contributed by atoms with Gasteiger partial charge in [-0.05, 0) is 23.8 Å². The summed E-state index contributed by atoms with van der Waals surface area (Å²) in [6.45, 7) is 0.234. The molecule has 0 radical (unpaired) electrons. The third-order valence-corrected chi connectivity index (χ3v) is 2.52. The van der Waals surface area contributed by atoms with E-state index in [2.05, 4.69) is 15.3 Å². The first-order valence-electron chi connectivity index (χ1n) is 5.74. The van der Waals surface area contributed by atoms with Crippen molar-refractivity contribution in [3.05, 3.63) is 53.6 Å². The Balaban J connectivity index is 1.96. The molecule has 2 aromatic heterocycles. The third kappa shape index (κ3) is 3.29. The van der Waals surface area contributed by atoms with Gasteiger partial charge < -0.3 is 16.2 Å². The van der Waals surface area contributed by atoms with Crippen molar-refractivity contribution in [2.45, 2.75) is 6.54 Å². The van der Waals surface area contributed by atoms with Crippen LogP contribution in [0.15, 0.2) is 36.7 Å². The Bertz CT molecular complexity index is 623. The zero-order chi connectivity index (χ0) is 14.5. The molecule has 4 N–H and O–H groups in total. The van der Waals surface area contributed by atoms with Crippen molar-refractivity contribution < 1.29 is 14.7 Å². The second-order valence-electron chi connectivity index (χ2n) is 4.02. The van der Waals surface area contributed by atoms with Gasteiger partial charge in [0.05, 0.1) is 11.9 Å². The molecule has 0 unspecified atom stereocenters. The van der Waals surface area contributed by atoms with Crippen LogP contribution in [0.25, 0.3) is 0 Å². The van der Waals surface area contributed by atoms with Crippen molar-refractivity contribution >= 4 is 17.6 Å². The summed E-state index contributed by atoms with van der Waals surface area (Å²) in [5.74, 6) is -1.43.